The van der Waals surface area contributed by atoms with Crippen LogP contribution in [0.5, 0.6) is 0 Å². The normalized spacial score (nSPS) is 30.6. The van der Waals surface area contributed by atoms with E-state index in [4.69, 9.17) is 0 Å². The van der Waals surface area contributed by atoms with Gasteiger partial charge in [0.05, 0.1) is 0 Å². The van der Waals surface area contributed by atoms with Gasteiger partial charge in [-0.3, -0.25) is 0 Å². The molecule has 0 N–H and O–H groups in total. The summed E-state index contributed by atoms with van der Waals surface area (Å²) >= 11 is 4.35. The average molecular weight is 273 g/mol. The Bertz CT molecular complexity index is 180. The van der Waals surface area contributed by atoms with E-state index in [0.717, 1.165) is 0 Å². The summed E-state index contributed by atoms with van der Waals surface area (Å²) in [6.45, 7) is -0.987. The molecule has 14 heavy (non-hydrogen) atoms. The fourth-order valence-corrected chi connectivity index (χ4v) is 13.6. The summed E-state index contributed by atoms with van der Waals surface area (Å²) in [7, 11) is 0. The minimum atomic E-state index is -0.987. The highest BCUT2D eigenvalue weighted by Crippen LogP contribution is 2.64. The molecule has 0 atom stereocenters. The summed E-state index contributed by atoms with van der Waals surface area (Å²) in [6, 6.07) is 0. The minimum Gasteiger partial charge on any atom is -0.125 e. The smallest absolute Gasteiger partial charge is 0.125 e. The van der Waals surface area contributed by atoms with Crippen molar-refractivity contribution in [2.24, 2.45) is 0 Å². The summed E-state index contributed by atoms with van der Waals surface area (Å²) in [4.78, 5) is 0. The van der Waals surface area contributed by atoms with Gasteiger partial charge in [-0.15, -0.1) is 15.3 Å². The lowest BCUT2D eigenvalue weighted by Crippen LogP contribution is -2.50. The quantitative estimate of drug-likeness (QED) is 0.502. The van der Waals surface area contributed by atoms with Crippen molar-refractivity contribution < 1.29 is 0 Å². The molecule has 0 heterocycles. The van der Waals surface area contributed by atoms with Crippen LogP contribution in [0, 0.1) is 0 Å². The first-order chi connectivity index (χ1) is 6.82. The van der Waals surface area contributed by atoms with Crippen molar-refractivity contribution in [3.05, 3.63) is 0 Å². The summed E-state index contributed by atoms with van der Waals surface area (Å²) < 4.78 is 0. The monoisotopic (exact) mass is 272 g/mol. The molecule has 0 spiro atoms. The van der Waals surface area contributed by atoms with Crippen LogP contribution in [0.25, 0.3) is 0 Å². The maximum absolute atomic E-state index is 4.35. The second-order valence-electron chi connectivity index (χ2n) is 5.71. The van der Waals surface area contributed by atoms with E-state index in [2.05, 4.69) is 15.3 Å². The predicted octanol–water partition coefficient (Wildman–Crippen LogP) is 4.99. The van der Waals surface area contributed by atoms with Gasteiger partial charge in [-0.2, -0.15) is 0 Å². The standard InChI is InChI=1S/C12H21BrSi/c13-14(10-4-1-5-10,11-6-2-7-11)12-8-3-9-12/h10-12H,1-9H2. The fourth-order valence-electron chi connectivity index (χ4n) is 3.55. The van der Waals surface area contributed by atoms with Crippen molar-refractivity contribution in [2.45, 2.75) is 74.4 Å². The molecule has 80 valence electrons. The Labute approximate surface area is 96.4 Å². The molecule has 0 unspecified atom stereocenters. The molecule has 0 aromatic rings. The molecule has 0 radical (unpaired) electrons. The van der Waals surface area contributed by atoms with Gasteiger partial charge < -0.3 is 0 Å². The summed E-state index contributed by atoms with van der Waals surface area (Å²) in [5, 5.41) is 0. The Morgan fingerprint density at radius 1 is 0.643 bits per heavy atom. The van der Waals surface area contributed by atoms with Crippen molar-refractivity contribution in [2.75, 3.05) is 0 Å². The summed E-state index contributed by atoms with van der Waals surface area (Å²) in [5.41, 5.74) is 3.54. The van der Waals surface area contributed by atoms with Gasteiger partial charge in [-0.1, -0.05) is 57.8 Å². The fraction of sp³-hybridized carbons (Fsp3) is 1.00. The van der Waals surface area contributed by atoms with Gasteiger partial charge in [0, 0.05) is 0 Å². The van der Waals surface area contributed by atoms with Gasteiger partial charge in [-0.05, 0) is 16.6 Å². The van der Waals surface area contributed by atoms with Crippen LogP contribution >= 0.6 is 15.3 Å². The molecule has 0 bridgehead atoms. The van der Waals surface area contributed by atoms with Gasteiger partial charge in [0.1, 0.15) is 6.69 Å². The van der Waals surface area contributed by atoms with E-state index in [1.165, 1.54) is 35.9 Å². The molecule has 0 aromatic heterocycles. The van der Waals surface area contributed by atoms with Crippen molar-refractivity contribution in [3.8, 4) is 0 Å². The van der Waals surface area contributed by atoms with Crippen LogP contribution in [-0.2, 0) is 0 Å². The topological polar surface area (TPSA) is 0 Å². The second-order valence-corrected chi connectivity index (χ2v) is 13.9. The third-order valence-corrected chi connectivity index (χ3v) is 16.5. The Hall–Kier alpha value is 0.697. The third-order valence-electron chi connectivity index (χ3n) is 5.19. The Morgan fingerprint density at radius 2 is 0.929 bits per heavy atom. The molecular formula is C12H21BrSi. The van der Waals surface area contributed by atoms with Crippen LogP contribution < -0.4 is 0 Å². The molecule has 0 amide bonds. The number of hydrogen-bond acceptors (Lipinski definition) is 0. The van der Waals surface area contributed by atoms with Gasteiger partial charge >= 0.3 is 0 Å². The Balaban J connectivity index is 1.76. The molecule has 3 aliphatic rings. The SMILES string of the molecule is Br[Si](C1CCC1)(C1CCC1)C1CCC1. The van der Waals surface area contributed by atoms with Gasteiger partial charge in [0.2, 0.25) is 0 Å². The summed E-state index contributed by atoms with van der Waals surface area (Å²) in [6.07, 6.45) is 14.0. The van der Waals surface area contributed by atoms with E-state index in [0.29, 0.717) is 0 Å². The van der Waals surface area contributed by atoms with Crippen molar-refractivity contribution >= 4 is 22.0 Å². The first-order valence-electron chi connectivity index (χ1n) is 6.50. The lowest BCUT2D eigenvalue weighted by Gasteiger charge is -2.54. The predicted molar refractivity (Wildman–Crippen MR) is 67.5 cm³/mol. The van der Waals surface area contributed by atoms with E-state index in [1.54, 1.807) is 38.5 Å². The molecule has 0 aliphatic heterocycles. The first-order valence-corrected chi connectivity index (χ1v) is 11.0. The van der Waals surface area contributed by atoms with E-state index < -0.39 is 6.69 Å². The molecule has 3 fully saturated rings. The molecule has 0 nitrogen and oxygen atoms in total. The zero-order valence-electron chi connectivity index (χ0n) is 8.97. The molecule has 3 saturated carbocycles. The van der Waals surface area contributed by atoms with Crippen molar-refractivity contribution in [1.82, 2.24) is 0 Å². The minimum absolute atomic E-state index is 0.987. The molecule has 3 aliphatic carbocycles. The molecule has 0 saturated heterocycles. The van der Waals surface area contributed by atoms with Crippen LogP contribution in [0.2, 0.25) is 16.6 Å². The lowest BCUT2D eigenvalue weighted by molar-refractivity contribution is 0.396. The highest BCUT2D eigenvalue weighted by atomic mass is 79.9. The molecule has 2 heteroatoms. The second kappa shape index (κ2) is 3.62. The Morgan fingerprint density at radius 3 is 1.07 bits per heavy atom. The maximum atomic E-state index is 4.35. The first kappa shape index (κ1) is 9.89. The molecule has 0 aromatic carbocycles. The summed E-state index contributed by atoms with van der Waals surface area (Å²) in [5.74, 6) is 0. The van der Waals surface area contributed by atoms with Crippen LogP contribution in [-0.4, -0.2) is 6.69 Å². The molecule has 3 rings (SSSR count). The zero-order valence-corrected chi connectivity index (χ0v) is 11.6. The van der Waals surface area contributed by atoms with Crippen LogP contribution in [0.3, 0.4) is 0 Å². The van der Waals surface area contributed by atoms with Gasteiger partial charge in [0.25, 0.3) is 0 Å². The van der Waals surface area contributed by atoms with Crippen LogP contribution in [0.1, 0.15) is 57.8 Å². The van der Waals surface area contributed by atoms with Crippen LogP contribution in [0.15, 0.2) is 0 Å². The third kappa shape index (κ3) is 1.29. The van der Waals surface area contributed by atoms with E-state index >= 15 is 0 Å². The average Bonchev–Trinajstić information content (AvgIpc) is 1.69. The van der Waals surface area contributed by atoms with Gasteiger partial charge in [-0.25, -0.2) is 0 Å². The number of halogens is 1. The van der Waals surface area contributed by atoms with Crippen molar-refractivity contribution in [3.63, 3.8) is 0 Å². The van der Waals surface area contributed by atoms with Gasteiger partial charge in [0.15, 0.2) is 0 Å². The van der Waals surface area contributed by atoms with E-state index in [-0.39, 0.29) is 0 Å². The lowest BCUT2D eigenvalue weighted by atomic mass is 9.97. The van der Waals surface area contributed by atoms with E-state index in [1.807, 2.05) is 0 Å². The highest BCUT2D eigenvalue weighted by molar-refractivity contribution is 9.26. The maximum Gasteiger partial charge on any atom is 0.139 e. The highest BCUT2D eigenvalue weighted by Gasteiger charge is 2.55. The zero-order chi connectivity index (χ0) is 9.60. The number of rotatable bonds is 3. The number of hydrogen-bond donors (Lipinski definition) is 0. The Kier molecular flexibility index (Phi) is 2.56. The largest absolute Gasteiger partial charge is 0.139 e. The molecular weight excluding hydrogens is 252 g/mol. The van der Waals surface area contributed by atoms with E-state index in [9.17, 15) is 0 Å². The van der Waals surface area contributed by atoms with Crippen molar-refractivity contribution in [1.29, 1.82) is 0 Å². The van der Waals surface area contributed by atoms with Crippen LogP contribution in [0.4, 0.5) is 0 Å².